The van der Waals surface area contributed by atoms with Gasteiger partial charge in [0.05, 0.1) is 12.2 Å². The first-order valence-corrected chi connectivity index (χ1v) is 8.40. The number of halogens is 1. The number of hydrogen-bond acceptors (Lipinski definition) is 3. The van der Waals surface area contributed by atoms with Crippen molar-refractivity contribution in [1.29, 1.82) is 0 Å². The minimum absolute atomic E-state index is 0. The number of aromatic nitrogens is 3. The van der Waals surface area contributed by atoms with Crippen molar-refractivity contribution in [1.82, 2.24) is 14.8 Å². The van der Waals surface area contributed by atoms with Crippen LogP contribution in [0.2, 0.25) is 0 Å². The van der Waals surface area contributed by atoms with Gasteiger partial charge < -0.3 is 11.1 Å². The molecular formula is C19H21IN6. The van der Waals surface area contributed by atoms with Crippen LogP contribution in [0.1, 0.15) is 23.1 Å². The van der Waals surface area contributed by atoms with Gasteiger partial charge in [0.15, 0.2) is 5.96 Å². The number of fused-ring (bicyclic) bond motifs is 1. The van der Waals surface area contributed by atoms with Gasteiger partial charge in [-0.05, 0) is 60.2 Å². The van der Waals surface area contributed by atoms with E-state index in [4.69, 9.17) is 5.73 Å². The number of nitrogens with two attached hydrogens (primary N) is 1. The second kappa shape index (κ2) is 8.31. The average Bonchev–Trinajstić information content (AvgIpc) is 3.32. The molecule has 0 aliphatic heterocycles. The maximum atomic E-state index is 6.02. The van der Waals surface area contributed by atoms with E-state index >= 15 is 0 Å². The van der Waals surface area contributed by atoms with Gasteiger partial charge in [0.1, 0.15) is 12.7 Å². The maximum Gasteiger partial charge on any atom is 0.193 e. The summed E-state index contributed by atoms with van der Waals surface area (Å²) in [4.78, 5) is 8.37. The predicted octanol–water partition coefficient (Wildman–Crippen LogP) is 3.30. The number of nitrogens with one attached hydrogen (secondary N) is 1. The lowest BCUT2D eigenvalue weighted by molar-refractivity contribution is 0.877. The Balaban J connectivity index is 0.00000196. The van der Waals surface area contributed by atoms with Crippen molar-refractivity contribution in [2.45, 2.75) is 25.8 Å². The molecule has 0 saturated heterocycles. The van der Waals surface area contributed by atoms with E-state index in [9.17, 15) is 0 Å². The number of benzene rings is 2. The second-order valence-electron chi connectivity index (χ2n) is 6.17. The Kier molecular flexibility index (Phi) is 5.87. The summed E-state index contributed by atoms with van der Waals surface area (Å²) in [7, 11) is 0. The standard InChI is InChI=1S/C19H20N6.HI/c20-19(24-17-7-6-15-2-1-3-16(15)10-17)22-11-14-4-8-18(9-5-14)25-13-21-12-23-25;/h4-10,12-13H,1-3,11H2,(H3,20,22,24);1H. The number of aliphatic imine (C=N–C) groups is 1. The third kappa shape index (κ3) is 4.21. The molecule has 0 spiro atoms. The summed E-state index contributed by atoms with van der Waals surface area (Å²) in [6.07, 6.45) is 6.77. The molecule has 6 nitrogen and oxygen atoms in total. The van der Waals surface area contributed by atoms with E-state index < -0.39 is 0 Å². The van der Waals surface area contributed by atoms with Crippen LogP contribution in [0.25, 0.3) is 5.69 Å². The molecule has 134 valence electrons. The van der Waals surface area contributed by atoms with Gasteiger partial charge >= 0.3 is 0 Å². The molecule has 0 saturated carbocycles. The average molecular weight is 460 g/mol. The van der Waals surface area contributed by atoms with Gasteiger partial charge in [-0.2, -0.15) is 5.10 Å². The van der Waals surface area contributed by atoms with E-state index in [1.165, 1.54) is 30.3 Å². The van der Waals surface area contributed by atoms with E-state index in [0.29, 0.717) is 12.5 Å². The molecule has 4 rings (SSSR count). The summed E-state index contributed by atoms with van der Waals surface area (Å²) in [5.74, 6) is 0.429. The van der Waals surface area contributed by atoms with Crippen molar-refractivity contribution in [3.8, 4) is 5.69 Å². The van der Waals surface area contributed by atoms with E-state index in [2.05, 4.69) is 38.6 Å². The molecule has 0 atom stereocenters. The van der Waals surface area contributed by atoms with Crippen LogP contribution in [0.5, 0.6) is 0 Å². The Labute approximate surface area is 169 Å². The number of rotatable bonds is 4. The molecule has 1 aromatic heterocycles. The third-order valence-electron chi connectivity index (χ3n) is 4.42. The van der Waals surface area contributed by atoms with Crippen molar-refractivity contribution >= 4 is 35.6 Å². The number of nitrogens with zero attached hydrogens (tertiary/aromatic N) is 4. The molecule has 0 amide bonds. The van der Waals surface area contributed by atoms with Gasteiger partial charge in [0.2, 0.25) is 0 Å². The lowest BCUT2D eigenvalue weighted by Crippen LogP contribution is -2.22. The van der Waals surface area contributed by atoms with Crippen molar-refractivity contribution in [3.05, 3.63) is 71.8 Å². The lowest BCUT2D eigenvalue weighted by Gasteiger charge is -2.08. The molecule has 0 unspecified atom stereocenters. The Bertz CT molecular complexity index is 887. The summed E-state index contributed by atoms with van der Waals surface area (Å²) < 4.78 is 1.72. The van der Waals surface area contributed by atoms with Crippen LogP contribution in [0.3, 0.4) is 0 Å². The van der Waals surface area contributed by atoms with Gasteiger partial charge in [-0.3, -0.25) is 0 Å². The number of aryl methyl sites for hydroxylation is 2. The lowest BCUT2D eigenvalue weighted by atomic mass is 10.1. The SMILES string of the molecule is I.NC(=NCc1ccc(-n2cncn2)cc1)Nc1ccc2c(c1)CCC2. The zero-order chi connectivity index (χ0) is 17.1. The third-order valence-corrected chi connectivity index (χ3v) is 4.42. The van der Waals surface area contributed by atoms with Crippen LogP contribution >= 0.6 is 24.0 Å². The first-order valence-electron chi connectivity index (χ1n) is 8.40. The van der Waals surface area contributed by atoms with Crippen molar-refractivity contribution in [2.24, 2.45) is 10.7 Å². The molecule has 3 aromatic rings. The first-order chi connectivity index (χ1) is 12.3. The number of hydrogen-bond donors (Lipinski definition) is 2. The molecule has 1 aliphatic rings. The Morgan fingerprint density at radius 3 is 2.69 bits per heavy atom. The molecular weight excluding hydrogens is 439 g/mol. The van der Waals surface area contributed by atoms with Crippen molar-refractivity contribution in [3.63, 3.8) is 0 Å². The van der Waals surface area contributed by atoms with Crippen LogP contribution in [0.15, 0.2) is 60.1 Å². The fourth-order valence-corrected chi connectivity index (χ4v) is 3.11. The summed E-state index contributed by atoms with van der Waals surface area (Å²) in [5, 5.41) is 7.29. The van der Waals surface area contributed by atoms with Crippen molar-refractivity contribution < 1.29 is 0 Å². The highest BCUT2D eigenvalue weighted by Crippen LogP contribution is 2.24. The van der Waals surface area contributed by atoms with Crippen LogP contribution in [-0.2, 0) is 19.4 Å². The number of anilines is 1. The van der Waals surface area contributed by atoms with Crippen LogP contribution in [-0.4, -0.2) is 20.7 Å². The van der Waals surface area contributed by atoms with Crippen LogP contribution in [0.4, 0.5) is 5.69 Å². The van der Waals surface area contributed by atoms with Gasteiger partial charge in [-0.25, -0.2) is 14.7 Å². The first kappa shape index (κ1) is 18.4. The summed E-state index contributed by atoms with van der Waals surface area (Å²) in [6, 6.07) is 14.4. The molecule has 0 fully saturated rings. The fourth-order valence-electron chi connectivity index (χ4n) is 3.11. The minimum atomic E-state index is 0. The minimum Gasteiger partial charge on any atom is -0.370 e. The summed E-state index contributed by atoms with van der Waals surface area (Å²) >= 11 is 0. The highest BCUT2D eigenvalue weighted by molar-refractivity contribution is 14.0. The summed E-state index contributed by atoms with van der Waals surface area (Å²) in [5.41, 5.74) is 11.9. The smallest absolute Gasteiger partial charge is 0.193 e. The van der Waals surface area contributed by atoms with E-state index in [-0.39, 0.29) is 24.0 Å². The fraction of sp³-hybridized carbons (Fsp3) is 0.211. The Hall–Kier alpha value is -2.42. The van der Waals surface area contributed by atoms with Crippen molar-refractivity contribution in [2.75, 3.05) is 5.32 Å². The van der Waals surface area contributed by atoms with Gasteiger partial charge in [-0.15, -0.1) is 24.0 Å². The molecule has 0 bridgehead atoms. The zero-order valence-electron chi connectivity index (χ0n) is 14.3. The molecule has 1 aliphatic carbocycles. The molecule has 7 heteroatoms. The molecule has 2 aromatic carbocycles. The van der Waals surface area contributed by atoms with E-state index in [1.807, 2.05) is 24.3 Å². The van der Waals surface area contributed by atoms with Crippen LogP contribution < -0.4 is 11.1 Å². The normalized spacial score (nSPS) is 13.2. The summed E-state index contributed by atoms with van der Waals surface area (Å²) in [6.45, 7) is 0.529. The largest absolute Gasteiger partial charge is 0.370 e. The van der Waals surface area contributed by atoms with E-state index in [0.717, 1.165) is 23.4 Å². The maximum absolute atomic E-state index is 6.02. The molecule has 0 radical (unpaired) electrons. The highest BCUT2D eigenvalue weighted by atomic mass is 127. The molecule has 1 heterocycles. The van der Waals surface area contributed by atoms with Crippen LogP contribution in [0, 0.1) is 0 Å². The highest BCUT2D eigenvalue weighted by Gasteiger charge is 2.10. The Morgan fingerprint density at radius 2 is 1.92 bits per heavy atom. The zero-order valence-corrected chi connectivity index (χ0v) is 16.6. The van der Waals surface area contributed by atoms with Gasteiger partial charge in [0, 0.05) is 5.69 Å². The Morgan fingerprint density at radius 1 is 1.12 bits per heavy atom. The quantitative estimate of drug-likeness (QED) is 0.356. The molecule has 3 N–H and O–H groups in total. The van der Waals surface area contributed by atoms with Gasteiger partial charge in [-0.1, -0.05) is 18.2 Å². The second-order valence-corrected chi connectivity index (χ2v) is 6.17. The monoisotopic (exact) mass is 460 g/mol. The number of guanidine groups is 1. The van der Waals surface area contributed by atoms with Gasteiger partial charge in [0.25, 0.3) is 0 Å². The predicted molar refractivity (Wildman–Crippen MR) is 114 cm³/mol. The topological polar surface area (TPSA) is 81.1 Å². The molecule has 26 heavy (non-hydrogen) atoms. The van der Waals surface area contributed by atoms with E-state index in [1.54, 1.807) is 11.0 Å².